The second-order valence-corrected chi connectivity index (χ2v) is 8.19. The molecule has 0 aromatic heterocycles. The Morgan fingerprint density at radius 2 is 1.44 bits per heavy atom. The van der Waals surface area contributed by atoms with Gasteiger partial charge >= 0.3 is 0 Å². The van der Waals surface area contributed by atoms with E-state index in [9.17, 15) is 4.39 Å². The highest BCUT2D eigenvalue weighted by atomic mass is 19.1. The van der Waals surface area contributed by atoms with Crippen LogP contribution in [0.4, 0.5) is 4.39 Å². The first-order chi connectivity index (χ1) is 13.2. The molecule has 0 nitrogen and oxygen atoms in total. The fraction of sp³-hybridized carbons (Fsp3) is 0.385. The lowest BCUT2D eigenvalue weighted by Gasteiger charge is -2.29. The summed E-state index contributed by atoms with van der Waals surface area (Å²) in [5.41, 5.74) is 3.93. The lowest BCUT2D eigenvalue weighted by molar-refractivity contribution is 0.304. The Morgan fingerprint density at radius 3 is 2.19 bits per heavy atom. The van der Waals surface area contributed by atoms with Gasteiger partial charge in [-0.25, -0.2) is 4.39 Å². The highest BCUT2D eigenvalue weighted by Crippen LogP contribution is 2.38. The zero-order valence-corrected chi connectivity index (χ0v) is 16.3. The Morgan fingerprint density at radius 1 is 0.778 bits per heavy atom. The summed E-state index contributed by atoms with van der Waals surface area (Å²) in [6, 6.07) is 20.4. The maximum Gasteiger partial charge on any atom is 0.123 e. The average molecular weight is 361 g/mol. The Bertz CT molecular complexity index is 886. The highest BCUT2D eigenvalue weighted by Gasteiger charge is 2.21. The summed E-state index contributed by atoms with van der Waals surface area (Å²) in [5, 5.41) is 2.04. The molecule has 4 rings (SSSR count). The second kappa shape index (κ2) is 8.25. The van der Waals surface area contributed by atoms with Crippen LogP contribution >= 0.6 is 0 Å². The summed E-state index contributed by atoms with van der Waals surface area (Å²) in [6.45, 7) is 2.29. The minimum atomic E-state index is -0.177. The second-order valence-electron chi connectivity index (χ2n) is 8.19. The largest absolute Gasteiger partial charge is 0.207 e. The smallest absolute Gasteiger partial charge is 0.123 e. The summed E-state index contributed by atoms with van der Waals surface area (Å²) in [5.74, 6) is 1.52. The van der Waals surface area contributed by atoms with Crippen LogP contribution in [0, 0.1) is 11.7 Å². The van der Waals surface area contributed by atoms with Crippen LogP contribution in [0.5, 0.6) is 0 Å². The van der Waals surface area contributed by atoms with Crippen molar-refractivity contribution in [2.75, 3.05) is 0 Å². The van der Waals surface area contributed by atoms with Crippen LogP contribution in [-0.4, -0.2) is 0 Å². The first-order valence-corrected chi connectivity index (χ1v) is 10.5. The van der Waals surface area contributed by atoms with E-state index in [2.05, 4.69) is 43.3 Å². The molecule has 0 radical (unpaired) electrons. The van der Waals surface area contributed by atoms with Gasteiger partial charge in [0.25, 0.3) is 0 Å². The summed E-state index contributed by atoms with van der Waals surface area (Å²) in [4.78, 5) is 0. The van der Waals surface area contributed by atoms with Crippen LogP contribution in [0.2, 0.25) is 0 Å². The van der Waals surface area contributed by atoms with Crippen LogP contribution in [0.3, 0.4) is 0 Å². The van der Waals surface area contributed by atoms with Crippen molar-refractivity contribution in [2.24, 2.45) is 5.92 Å². The number of halogens is 1. The summed E-state index contributed by atoms with van der Waals surface area (Å²) in [7, 11) is 0. The summed E-state index contributed by atoms with van der Waals surface area (Å²) < 4.78 is 13.4. The molecule has 0 N–H and O–H groups in total. The van der Waals surface area contributed by atoms with Crippen molar-refractivity contribution in [3.63, 3.8) is 0 Å². The zero-order valence-electron chi connectivity index (χ0n) is 16.3. The third-order valence-electron chi connectivity index (χ3n) is 6.33. The van der Waals surface area contributed by atoms with Gasteiger partial charge in [0.05, 0.1) is 0 Å². The Kier molecular flexibility index (Phi) is 5.57. The molecule has 3 aromatic carbocycles. The van der Waals surface area contributed by atoms with Gasteiger partial charge < -0.3 is 0 Å². The van der Waals surface area contributed by atoms with Crippen LogP contribution < -0.4 is 0 Å². The molecule has 0 spiro atoms. The minimum Gasteiger partial charge on any atom is -0.207 e. The van der Waals surface area contributed by atoms with E-state index in [1.54, 1.807) is 6.07 Å². The molecule has 0 atom stereocenters. The first-order valence-electron chi connectivity index (χ1n) is 10.5. The molecule has 1 heteroatoms. The van der Waals surface area contributed by atoms with E-state index in [0.29, 0.717) is 0 Å². The molecular formula is C26H29F. The maximum atomic E-state index is 13.4. The Labute approximate surface area is 162 Å². The first kappa shape index (κ1) is 18.2. The molecule has 1 fully saturated rings. The van der Waals surface area contributed by atoms with Crippen LogP contribution in [0.25, 0.3) is 21.9 Å². The van der Waals surface area contributed by atoms with Crippen LogP contribution in [-0.2, 0) is 0 Å². The molecule has 0 heterocycles. The van der Waals surface area contributed by atoms with E-state index in [1.807, 2.05) is 12.1 Å². The van der Waals surface area contributed by atoms with E-state index in [1.165, 1.54) is 67.7 Å². The van der Waals surface area contributed by atoms with Gasteiger partial charge in [0, 0.05) is 0 Å². The third kappa shape index (κ3) is 4.24. The molecule has 1 aliphatic rings. The zero-order chi connectivity index (χ0) is 18.6. The fourth-order valence-electron chi connectivity index (χ4n) is 4.62. The number of rotatable bonds is 5. The predicted octanol–water partition coefficient (Wildman–Crippen LogP) is 8.11. The quantitative estimate of drug-likeness (QED) is 0.431. The van der Waals surface area contributed by atoms with Gasteiger partial charge in [0.1, 0.15) is 5.82 Å². The minimum absolute atomic E-state index is 0.177. The SMILES string of the molecule is CCCCC1CCC(c2ccc(-c3ccc4cc(F)ccc4c3)cc2)CC1. The number of hydrogen-bond donors (Lipinski definition) is 0. The molecule has 0 amide bonds. The molecule has 3 aromatic rings. The Balaban J connectivity index is 1.45. The standard InChI is InChI=1S/C26H29F/c1-2-3-4-19-5-7-20(8-6-19)21-9-11-22(12-10-21)23-13-14-25-18-26(27)16-15-24(25)17-23/h9-20H,2-8H2,1H3. The molecule has 0 unspecified atom stereocenters. The normalized spacial score (nSPS) is 20.1. The molecule has 140 valence electrons. The number of benzene rings is 3. The fourth-order valence-corrected chi connectivity index (χ4v) is 4.62. The van der Waals surface area contributed by atoms with Crippen LogP contribution in [0.15, 0.2) is 60.7 Å². The lowest BCUT2D eigenvalue weighted by Crippen LogP contribution is -2.13. The van der Waals surface area contributed by atoms with Gasteiger partial charge in [-0.15, -0.1) is 0 Å². The topological polar surface area (TPSA) is 0 Å². The van der Waals surface area contributed by atoms with Crippen molar-refractivity contribution in [3.05, 3.63) is 72.0 Å². The van der Waals surface area contributed by atoms with Gasteiger partial charge in [-0.05, 0) is 83.2 Å². The molecule has 0 saturated heterocycles. The summed E-state index contributed by atoms with van der Waals surface area (Å²) >= 11 is 0. The van der Waals surface area contributed by atoms with Gasteiger partial charge in [-0.2, -0.15) is 0 Å². The molecule has 1 saturated carbocycles. The van der Waals surface area contributed by atoms with E-state index >= 15 is 0 Å². The van der Waals surface area contributed by atoms with E-state index in [0.717, 1.165) is 22.6 Å². The van der Waals surface area contributed by atoms with E-state index < -0.39 is 0 Å². The van der Waals surface area contributed by atoms with Crippen molar-refractivity contribution in [3.8, 4) is 11.1 Å². The average Bonchev–Trinajstić information content (AvgIpc) is 2.72. The summed E-state index contributed by atoms with van der Waals surface area (Å²) in [6.07, 6.45) is 9.62. The lowest BCUT2D eigenvalue weighted by atomic mass is 9.77. The number of fused-ring (bicyclic) bond motifs is 1. The molecule has 1 aliphatic carbocycles. The van der Waals surface area contributed by atoms with Gasteiger partial charge in [0.2, 0.25) is 0 Å². The molecule has 0 bridgehead atoms. The van der Waals surface area contributed by atoms with Gasteiger partial charge in [-0.3, -0.25) is 0 Å². The molecule has 27 heavy (non-hydrogen) atoms. The predicted molar refractivity (Wildman–Crippen MR) is 114 cm³/mol. The number of hydrogen-bond acceptors (Lipinski definition) is 0. The van der Waals surface area contributed by atoms with Crippen molar-refractivity contribution < 1.29 is 4.39 Å². The maximum absolute atomic E-state index is 13.4. The third-order valence-corrected chi connectivity index (χ3v) is 6.33. The monoisotopic (exact) mass is 360 g/mol. The van der Waals surface area contributed by atoms with E-state index in [4.69, 9.17) is 0 Å². The van der Waals surface area contributed by atoms with Crippen molar-refractivity contribution >= 4 is 10.8 Å². The van der Waals surface area contributed by atoms with Gasteiger partial charge in [0.15, 0.2) is 0 Å². The van der Waals surface area contributed by atoms with Gasteiger partial charge in [-0.1, -0.05) is 68.7 Å². The van der Waals surface area contributed by atoms with Crippen molar-refractivity contribution in [1.82, 2.24) is 0 Å². The van der Waals surface area contributed by atoms with Crippen molar-refractivity contribution in [2.45, 2.75) is 57.8 Å². The molecule has 0 aliphatic heterocycles. The van der Waals surface area contributed by atoms with E-state index in [-0.39, 0.29) is 5.82 Å². The van der Waals surface area contributed by atoms with Crippen molar-refractivity contribution in [1.29, 1.82) is 0 Å². The Hall–Kier alpha value is -2.15. The molecular weight excluding hydrogens is 331 g/mol. The highest BCUT2D eigenvalue weighted by molar-refractivity contribution is 5.87. The van der Waals surface area contributed by atoms with Crippen LogP contribution in [0.1, 0.15) is 63.4 Å². The number of unbranched alkanes of at least 4 members (excludes halogenated alkanes) is 1.